The Kier molecular flexibility index (Phi) is 7.50. The number of likely N-dealkylation sites (tertiary alicyclic amines) is 1. The zero-order valence-electron chi connectivity index (χ0n) is 20.0. The number of halogens is 1. The summed E-state index contributed by atoms with van der Waals surface area (Å²) in [4.78, 5) is 41.2. The van der Waals surface area contributed by atoms with Crippen molar-refractivity contribution in [1.82, 2.24) is 10.1 Å². The predicted molar refractivity (Wildman–Crippen MR) is 138 cm³/mol. The summed E-state index contributed by atoms with van der Waals surface area (Å²) in [5.41, 5.74) is 2.18. The lowest BCUT2D eigenvalue weighted by molar-refractivity contribution is -0.126. The van der Waals surface area contributed by atoms with Gasteiger partial charge in [0.25, 0.3) is 5.91 Å². The number of amides is 3. The third-order valence-electron chi connectivity index (χ3n) is 6.35. The number of nitrogens with one attached hydrogen (secondary N) is 2. The van der Waals surface area contributed by atoms with Crippen LogP contribution in [0.5, 0.6) is 0 Å². The highest BCUT2D eigenvalue weighted by atomic mass is 35.5. The molecule has 192 valence electrons. The van der Waals surface area contributed by atoms with Gasteiger partial charge in [-0.05, 0) is 67.9 Å². The lowest BCUT2D eigenvalue weighted by Gasteiger charge is -2.27. The molecule has 2 N–H and O–H groups in total. The quantitative estimate of drug-likeness (QED) is 0.487. The minimum absolute atomic E-state index is 0.0549. The molecule has 3 heterocycles. The molecule has 5 rings (SSSR count). The monoisotopic (exact) mass is 523 g/mol. The van der Waals surface area contributed by atoms with Crippen LogP contribution in [-0.2, 0) is 19.1 Å². The van der Waals surface area contributed by atoms with Crippen LogP contribution in [0.15, 0.2) is 59.1 Å². The van der Waals surface area contributed by atoms with Crippen molar-refractivity contribution in [2.45, 2.75) is 18.9 Å². The minimum Gasteiger partial charge on any atom is -0.370 e. The van der Waals surface area contributed by atoms with Gasteiger partial charge in [0.05, 0.1) is 19.2 Å². The van der Waals surface area contributed by atoms with Crippen LogP contribution in [0, 0.1) is 0 Å². The highest BCUT2D eigenvalue weighted by Crippen LogP contribution is 2.25. The Labute approximate surface area is 218 Å². The number of carbonyl (C=O) groups is 3. The zero-order chi connectivity index (χ0) is 25.8. The predicted octanol–water partition coefficient (Wildman–Crippen LogP) is 3.40. The summed E-state index contributed by atoms with van der Waals surface area (Å²) >= 11 is 5.92. The molecule has 0 spiro atoms. The molecule has 11 heteroatoms. The fourth-order valence-corrected chi connectivity index (χ4v) is 4.63. The Morgan fingerprint density at radius 1 is 1.05 bits per heavy atom. The second kappa shape index (κ2) is 11.1. The van der Waals surface area contributed by atoms with Crippen molar-refractivity contribution in [2.75, 3.05) is 48.4 Å². The maximum atomic E-state index is 13.0. The number of ether oxygens (including phenoxy) is 1. The Morgan fingerprint density at radius 2 is 1.84 bits per heavy atom. The highest BCUT2D eigenvalue weighted by Gasteiger charge is 2.32. The van der Waals surface area contributed by atoms with Gasteiger partial charge in [-0.15, -0.1) is 0 Å². The van der Waals surface area contributed by atoms with Crippen LogP contribution in [0.2, 0.25) is 5.02 Å². The summed E-state index contributed by atoms with van der Waals surface area (Å²) in [5, 5.41) is 10.2. The molecule has 10 nitrogen and oxygen atoms in total. The summed E-state index contributed by atoms with van der Waals surface area (Å²) in [7, 11) is 0. The van der Waals surface area contributed by atoms with Gasteiger partial charge in [-0.25, -0.2) is 0 Å². The van der Waals surface area contributed by atoms with E-state index in [0.717, 1.165) is 17.7 Å². The Morgan fingerprint density at radius 3 is 2.59 bits per heavy atom. The van der Waals surface area contributed by atoms with Crippen LogP contribution < -0.4 is 15.5 Å². The van der Waals surface area contributed by atoms with Crippen LogP contribution >= 0.6 is 11.6 Å². The van der Waals surface area contributed by atoms with Crippen LogP contribution in [0.4, 0.5) is 17.2 Å². The zero-order valence-corrected chi connectivity index (χ0v) is 20.7. The number of morpholine rings is 1. The summed E-state index contributed by atoms with van der Waals surface area (Å²) in [5.74, 6) is 0.264. The number of carbonyl (C=O) groups excluding carboxylic acids is 3. The normalized spacial score (nSPS) is 18.1. The molecule has 0 radical (unpaired) electrons. The van der Waals surface area contributed by atoms with E-state index < -0.39 is 6.04 Å². The number of anilines is 3. The van der Waals surface area contributed by atoms with E-state index in [1.54, 1.807) is 59.5 Å². The molecule has 2 aliphatic rings. The molecule has 3 aromatic rings. The topological polar surface area (TPSA) is 117 Å². The molecule has 1 atom stereocenters. The van der Waals surface area contributed by atoms with Crippen LogP contribution in [0.3, 0.4) is 0 Å². The maximum absolute atomic E-state index is 13.0. The Hall–Kier alpha value is -3.73. The number of benzene rings is 2. The van der Waals surface area contributed by atoms with Gasteiger partial charge in [-0.3, -0.25) is 19.3 Å². The molecule has 1 aromatic heterocycles. The lowest BCUT2D eigenvalue weighted by Crippen LogP contribution is -2.43. The number of rotatable bonds is 7. The van der Waals surface area contributed by atoms with E-state index >= 15 is 0 Å². The van der Waals surface area contributed by atoms with E-state index in [2.05, 4.69) is 15.8 Å². The third kappa shape index (κ3) is 5.99. The van der Waals surface area contributed by atoms with E-state index in [1.807, 2.05) is 4.90 Å². The molecule has 0 saturated carbocycles. The van der Waals surface area contributed by atoms with Crippen molar-refractivity contribution >= 4 is 46.5 Å². The minimum atomic E-state index is -0.423. The van der Waals surface area contributed by atoms with E-state index in [-0.39, 0.29) is 30.9 Å². The smallest absolute Gasteiger partial charge is 0.253 e. The second-order valence-corrected chi connectivity index (χ2v) is 9.33. The van der Waals surface area contributed by atoms with Gasteiger partial charge < -0.3 is 24.8 Å². The second-order valence-electron chi connectivity index (χ2n) is 8.89. The van der Waals surface area contributed by atoms with Crippen LogP contribution in [0.1, 0.15) is 12.8 Å². The molecule has 37 heavy (non-hydrogen) atoms. The van der Waals surface area contributed by atoms with Gasteiger partial charge in [0.15, 0.2) is 11.6 Å². The molecular weight excluding hydrogens is 498 g/mol. The number of hydrogen-bond acceptors (Lipinski definition) is 7. The van der Waals surface area contributed by atoms with Crippen molar-refractivity contribution in [3.63, 3.8) is 0 Å². The summed E-state index contributed by atoms with van der Waals surface area (Å²) < 4.78 is 10.5. The van der Waals surface area contributed by atoms with Gasteiger partial charge >= 0.3 is 0 Å². The van der Waals surface area contributed by atoms with E-state index in [9.17, 15) is 14.4 Å². The average molecular weight is 524 g/mol. The Balaban J connectivity index is 1.15. The van der Waals surface area contributed by atoms with Gasteiger partial charge in [-0.1, -0.05) is 16.8 Å². The first-order valence-electron chi connectivity index (χ1n) is 12.0. The number of aromatic nitrogens is 1. The number of hydrogen-bond donors (Lipinski definition) is 2. The molecule has 0 unspecified atom stereocenters. The van der Waals surface area contributed by atoms with Gasteiger partial charge in [0.2, 0.25) is 11.8 Å². The fraction of sp³-hybridized carbons (Fsp3) is 0.308. The number of nitrogens with zero attached hydrogens (tertiary/aromatic N) is 3. The molecule has 3 amide bonds. The van der Waals surface area contributed by atoms with Crippen molar-refractivity contribution in [3.05, 3.63) is 59.6 Å². The molecule has 2 saturated heterocycles. The molecule has 0 bridgehead atoms. The third-order valence-corrected chi connectivity index (χ3v) is 6.60. The van der Waals surface area contributed by atoms with E-state index in [1.165, 1.54) is 0 Å². The molecule has 0 aliphatic carbocycles. The fourth-order valence-electron chi connectivity index (χ4n) is 4.50. The summed E-state index contributed by atoms with van der Waals surface area (Å²) in [6.07, 6.45) is 1.47. The van der Waals surface area contributed by atoms with Crippen molar-refractivity contribution in [1.29, 1.82) is 0 Å². The molecule has 2 fully saturated rings. The van der Waals surface area contributed by atoms with Gasteiger partial charge in [0.1, 0.15) is 6.61 Å². The first-order valence-corrected chi connectivity index (χ1v) is 12.4. The molecule has 2 aromatic carbocycles. The molecule has 2 aliphatic heterocycles. The first kappa shape index (κ1) is 24.9. The van der Waals surface area contributed by atoms with E-state index in [4.69, 9.17) is 20.9 Å². The van der Waals surface area contributed by atoms with Crippen molar-refractivity contribution < 1.29 is 23.6 Å². The summed E-state index contributed by atoms with van der Waals surface area (Å²) in [6, 6.07) is 15.5. The average Bonchev–Trinajstić information content (AvgIpc) is 3.55. The van der Waals surface area contributed by atoms with Crippen LogP contribution in [0.25, 0.3) is 11.3 Å². The van der Waals surface area contributed by atoms with Gasteiger partial charge in [0, 0.05) is 34.6 Å². The highest BCUT2D eigenvalue weighted by molar-refractivity contribution is 6.30. The maximum Gasteiger partial charge on any atom is 0.253 e. The van der Waals surface area contributed by atoms with Crippen LogP contribution in [-0.4, -0.2) is 66.7 Å². The van der Waals surface area contributed by atoms with Crippen molar-refractivity contribution in [2.24, 2.45) is 0 Å². The lowest BCUT2D eigenvalue weighted by atomic mass is 10.2. The molecular formula is C26H26ClN5O5. The Bertz CT molecular complexity index is 1280. The summed E-state index contributed by atoms with van der Waals surface area (Å²) in [6.45, 7) is 1.76. The van der Waals surface area contributed by atoms with E-state index in [0.29, 0.717) is 48.4 Å². The first-order chi connectivity index (χ1) is 18.0. The van der Waals surface area contributed by atoms with Crippen molar-refractivity contribution in [3.8, 4) is 11.3 Å². The van der Waals surface area contributed by atoms with Gasteiger partial charge in [-0.2, -0.15) is 0 Å². The standard InChI is InChI=1S/C26H26ClN5O5/c27-18-5-3-17(4-6-18)22-14-23(30-37-22)29-24(33)15-31-11-1-2-21(31)26(35)28-19-7-9-20(10-8-19)32-12-13-36-16-25(32)34/h3-10,14,21H,1-2,11-13,15-16H2,(H,28,35)(H,29,30,33)/t21-/m1/s1. The SMILES string of the molecule is O=C(CN1CCC[C@@H]1C(=O)Nc1ccc(N2CCOCC2=O)cc1)Nc1cc(-c2ccc(Cl)cc2)on1. The largest absolute Gasteiger partial charge is 0.370 e.